The number of amides is 1. The molecule has 1 saturated heterocycles. The van der Waals surface area contributed by atoms with Gasteiger partial charge < -0.3 is 10.0 Å². The van der Waals surface area contributed by atoms with E-state index in [0.717, 1.165) is 43.6 Å². The van der Waals surface area contributed by atoms with Crippen molar-refractivity contribution in [1.29, 1.82) is 0 Å². The van der Waals surface area contributed by atoms with Gasteiger partial charge in [0.2, 0.25) is 0 Å². The van der Waals surface area contributed by atoms with E-state index in [1.807, 2.05) is 36.4 Å². The Kier molecular flexibility index (Phi) is 5.74. The average molecular weight is 352 g/mol. The van der Waals surface area contributed by atoms with Crippen LogP contribution in [0, 0.1) is 0 Å². The van der Waals surface area contributed by atoms with Gasteiger partial charge in [-0.25, -0.2) is 0 Å². The SMILES string of the molecule is CN(C)C(=O)c1cccc(CN2CCCC(CO)(c3ccccc3)C2)c1. The van der Waals surface area contributed by atoms with Gasteiger partial charge in [0.25, 0.3) is 5.91 Å². The topological polar surface area (TPSA) is 43.8 Å². The van der Waals surface area contributed by atoms with Crippen LogP contribution in [0.25, 0.3) is 0 Å². The fourth-order valence-corrected chi connectivity index (χ4v) is 3.93. The van der Waals surface area contributed by atoms with Crippen LogP contribution in [0.5, 0.6) is 0 Å². The van der Waals surface area contributed by atoms with Gasteiger partial charge >= 0.3 is 0 Å². The molecule has 0 aromatic heterocycles. The molecule has 2 aromatic rings. The van der Waals surface area contributed by atoms with Crippen molar-refractivity contribution in [3.63, 3.8) is 0 Å². The molecule has 1 atom stereocenters. The third-order valence-corrected chi connectivity index (χ3v) is 5.33. The number of likely N-dealkylation sites (tertiary alicyclic amines) is 1. The largest absolute Gasteiger partial charge is 0.395 e. The molecule has 26 heavy (non-hydrogen) atoms. The van der Waals surface area contributed by atoms with Crippen LogP contribution < -0.4 is 0 Å². The van der Waals surface area contributed by atoms with Crippen LogP contribution in [-0.4, -0.2) is 54.6 Å². The Balaban J connectivity index is 1.76. The second-order valence-electron chi connectivity index (χ2n) is 7.52. The average Bonchev–Trinajstić information content (AvgIpc) is 2.68. The van der Waals surface area contributed by atoms with E-state index in [-0.39, 0.29) is 17.9 Å². The number of rotatable bonds is 5. The Morgan fingerprint density at radius 3 is 2.62 bits per heavy atom. The van der Waals surface area contributed by atoms with Gasteiger partial charge in [-0.2, -0.15) is 0 Å². The fraction of sp³-hybridized carbons (Fsp3) is 0.409. The summed E-state index contributed by atoms with van der Waals surface area (Å²) in [5.74, 6) is 0.0273. The molecule has 1 aliphatic rings. The first-order chi connectivity index (χ1) is 12.5. The molecular formula is C22H28N2O2. The van der Waals surface area contributed by atoms with Crippen LogP contribution in [0.1, 0.15) is 34.3 Å². The van der Waals surface area contributed by atoms with Gasteiger partial charge in [0.15, 0.2) is 0 Å². The zero-order valence-electron chi connectivity index (χ0n) is 15.7. The van der Waals surface area contributed by atoms with Gasteiger partial charge in [0.1, 0.15) is 0 Å². The summed E-state index contributed by atoms with van der Waals surface area (Å²) in [5, 5.41) is 10.2. The van der Waals surface area contributed by atoms with Crippen molar-refractivity contribution in [2.75, 3.05) is 33.8 Å². The fourth-order valence-electron chi connectivity index (χ4n) is 3.93. The molecule has 0 bridgehead atoms. The van der Waals surface area contributed by atoms with Gasteiger partial charge in [0, 0.05) is 38.2 Å². The standard InChI is InChI=1S/C22H28N2O2/c1-23(2)21(26)19-9-6-8-18(14-19)15-24-13-7-12-22(16-24,17-25)20-10-4-3-5-11-20/h3-6,8-11,14,25H,7,12-13,15-17H2,1-2H3. The molecule has 1 N–H and O–H groups in total. The molecule has 0 spiro atoms. The van der Waals surface area contributed by atoms with Crippen molar-refractivity contribution in [1.82, 2.24) is 9.80 Å². The lowest BCUT2D eigenvalue weighted by Crippen LogP contribution is -2.48. The summed E-state index contributed by atoms with van der Waals surface area (Å²) in [6, 6.07) is 18.2. The lowest BCUT2D eigenvalue weighted by molar-refractivity contribution is 0.0824. The van der Waals surface area contributed by atoms with Crippen LogP contribution in [0.15, 0.2) is 54.6 Å². The van der Waals surface area contributed by atoms with Crippen molar-refractivity contribution in [2.24, 2.45) is 0 Å². The molecule has 1 heterocycles. The molecule has 1 fully saturated rings. The highest BCUT2D eigenvalue weighted by atomic mass is 16.3. The van der Waals surface area contributed by atoms with Gasteiger partial charge in [0.05, 0.1) is 6.61 Å². The lowest BCUT2D eigenvalue weighted by Gasteiger charge is -2.42. The number of hydrogen-bond acceptors (Lipinski definition) is 3. The maximum absolute atomic E-state index is 12.2. The van der Waals surface area contributed by atoms with Crippen LogP contribution in [0.4, 0.5) is 0 Å². The second kappa shape index (κ2) is 8.02. The molecule has 4 nitrogen and oxygen atoms in total. The highest BCUT2D eigenvalue weighted by molar-refractivity contribution is 5.94. The molecule has 4 heteroatoms. The summed E-state index contributed by atoms with van der Waals surface area (Å²) in [6.45, 7) is 2.80. The van der Waals surface area contributed by atoms with Crippen molar-refractivity contribution in [3.8, 4) is 0 Å². The Bertz CT molecular complexity index is 745. The van der Waals surface area contributed by atoms with E-state index in [1.54, 1.807) is 19.0 Å². The molecular weight excluding hydrogens is 324 g/mol. The van der Waals surface area contributed by atoms with Gasteiger partial charge in [-0.3, -0.25) is 9.69 Å². The van der Waals surface area contributed by atoms with Crippen molar-refractivity contribution in [3.05, 3.63) is 71.3 Å². The predicted molar refractivity (Wildman–Crippen MR) is 104 cm³/mol. The molecule has 0 radical (unpaired) electrons. The van der Waals surface area contributed by atoms with Crippen LogP contribution in [0.3, 0.4) is 0 Å². The maximum Gasteiger partial charge on any atom is 0.253 e. The van der Waals surface area contributed by atoms with E-state index in [4.69, 9.17) is 0 Å². The van der Waals surface area contributed by atoms with Gasteiger partial charge in [-0.15, -0.1) is 0 Å². The molecule has 1 aliphatic heterocycles. The van der Waals surface area contributed by atoms with E-state index in [9.17, 15) is 9.90 Å². The first kappa shape index (κ1) is 18.6. The summed E-state index contributed by atoms with van der Waals surface area (Å²) in [5.41, 5.74) is 2.88. The first-order valence-corrected chi connectivity index (χ1v) is 9.23. The minimum absolute atomic E-state index is 0.0273. The number of piperidine rings is 1. The summed E-state index contributed by atoms with van der Waals surface area (Å²) >= 11 is 0. The maximum atomic E-state index is 12.2. The Labute approximate surface area is 156 Å². The third-order valence-electron chi connectivity index (χ3n) is 5.33. The molecule has 0 aliphatic carbocycles. The number of benzene rings is 2. The minimum Gasteiger partial charge on any atom is -0.395 e. The number of nitrogens with zero attached hydrogens (tertiary/aromatic N) is 2. The Morgan fingerprint density at radius 1 is 1.15 bits per heavy atom. The molecule has 1 unspecified atom stereocenters. The summed E-state index contributed by atoms with van der Waals surface area (Å²) in [7, 11) is 3.55. The molecule has 0 saturated carbocycles. The Morgan fingerprint density at radius 2 is 1.92 bits per heavy atom. The van der Waals surface area contributed by atoms with E-state index in [2.05, 4.69) is 23.1 Å². The molecule has 1 amide bonds. The monoisotopic (exact) mass is 352 g/mol. The molecule has 138 valence electrons. The van der Waals surface area contributed by atoms with Crippen LogP contribution in [-0.2, 0) is 12.0 Å². The van der Waals surface area contributed by atoms with E-state index < -0.39 is 0 Å². The molecule has 3 rings (SSSR count). The number of aliphatic hydroxyl groups is 1. The minimum atomic E-state index is -0.198. The van der Waals surface area contributed by atoms with E-state index >= 15 is 0 Å². The smallest absolute Gasteiger partial charge is 0.253 e. The van der Waals surface area contributed by atoms with Gasteiger partial charge in [-0.1, -0.05) is 42.5 Å². The molecule has 2 aromatic carbocycles. The normalized spacial score (nSPS) is 20.7. The highest BCUT2D eigenvalue weighted by Gasteiger charge is 2.36. The summed E-state index contributed by atoms with van der Waals surface area (Å²) in [6.07, 6.45) is 2.06. The highest BCUT2D eigenvalue weighted by Crippen LogP contribution is 2.34. The van der Waals surface area contributed by atoms with Gasteiger partial charge in [-0.05, 0) is 42.6 Å². The van der Waals surface area contributed by atoms with Crippen molar-refractivity contribution < 1.29 is 9.90 Å². The zero-order valence-corrected chi connectivity index (χ0v) is 15.7. The summed E-state index contributed by atoms with van der Waals surface area (Å²) in [4.78, 5) is 16.2. The van der Waals surface area contributed by atoms with E-state index in [1.165, 1.54) is 5.56 Å². The third kappa shape index (κ3) is 3.97. The second-order valence-corrected chi connectivity index (χ2v) is 7.52. The van der Waals surface area contributed by atoms with E-state index in [0.29, 0.717) is 0 Å². The summed E-state index contributed by atoms with van der Waals surface area (Å²) < 4.78 is 0. The first-order valence-electron chi connectivity index (χ1n) is 9.23. The number of hydrogen-bond donors (Lipinski definition) is 1. The van der Waals surface area contributed by atoms with Crippen LogP contribution >= 0.6 is 0 Å². The predicted octanol–water partition coefficient (Wildman–Crippen LogP) is 2.91. The van der Waals surface area contributed by atoms with Crippen molar-refractivity contribution >= 4 is 5.91 Å². The zero-order chi connectivity index (χ0) is 18.6. The number of aliphatic hydroxyl groups excluding tert-OH is 1. The van der Waals surface area contributed by atoms with Crippen molar-refractivity contribution in [2.45, 2.75) is 24.8 Å². The van der Waals surface area contributed by atoms with Crippen LogP contribution in [0.2, 0.25) is 0 Å². The number of carbonyl (C=O) groups is 1. The Hall–Kier alpha value is -2.17. The number of carbonyl (C=O) groups excluding carboxylic acids is 1. The quantitative estimate of drug-likeness (QED) is 0.900. The lowest BCUT2D eigenvalue weighted by atomic mass is 9.74.